The Morgan fingerprint density at radius 2 is 2.08 bits per heavy atom. The van der Waals surface area contributed by atoms with Crippen LogP contribution in [0.25, 0.3) is 0 Å². The van der Waals surface area contributed by atoms with Crippen molar-refractivity contribution in [3.05, 3.63) is 59.4 Å². The molecule has 1 saturated heterocycles. The Hall–Kier alpha value is -2.40. The zero-order chi connectivity index (χ0) is 18.5. The van der Waals surface area contributed by atoms with Gasteiger partial charge in [0.15, 0.2) is 0 Å². The summed E-state index contributed by atoms with van der Waals surface area (Å²) in [5.41, 5.74) is 2.81. The molecule has 0 aliphatic carbocycles. The first-order valence-corrected chi connectivity index (χ1v) is 9.11. The van der Waals surface area contributed by atoms with Gasteiger partial charge in [-0.05, 0) is 37.8 Å². The first-order valence-electron chi connectivity index (χ1n) is 9.11. The SMILES string of the molecule is COc1ccncc1C(O)C1CCCCN1C(=O)Cc1ccc(C)cc1. The molecular formula is C21H26N2O3. The molecule has 0 saturated carbocycles. The van der Waals surface area contributed by atoms with Crippen LogP contribution in [-0.2, 0) is 11.2 Å². The molecule has 1 aliphatic rings. The Morgan fingerprint density at radius 1 is 1.31 bits per heavy atom. The molecule has 1 N–H and O–H groups in total. The first kappa shape index (κ1) is 18.4. The number of hydrogen-bond donors (Lipinski definition) is 1. The summed E-state index contributed by atoms with van der Waals surface area (Å²) in [6.45, 7) is 2.71. The molecule has 2 aromatic rings. The molecule has 1 aromatic carbocycles. The molecule has 1 fully saturated rings. The summed E-state index contributed by atoms with van der Waals surface area (Å²) in [4.78, 5) is 18.9. The maximum absolute atomic E-state index is 12.9. The van der Waals surface area contributed by atoms with Crippen LogP contribution in [0.2, 0.25) is 0 Å². The lowest BCUT2D eigenvalue weighted by molar-refractivity contribution is -0.137. The van der Waals surface area contributed by atoms with E-state index in [4.69, 9.17) is 4.74 Å². The monoisotopic (exact) mass is 354 g/mol. The Morgan fingerprint density at radius 3 is 2.81 bits per heavy atom. The number of aromatic nitrogens is 1. The number of hydrogen-bond acceptors (Lipinski definition) is 4. The molecule has 0 radical (unpaired) electrons. The maximum Gasteiger partial charge on any atom is 0.227 e. The Labute approximate surface area is 154 Å². The molecule has 5 nitrogen and oxygen atoms in total. The summed E-state index contributed by atoms with van der Waals surface area (Å²) in [7, 11) is 1.58. The number of methoxy groups -OCH3 is 1. The number of likely N-dealkylation sites (tertiary alicyclic amines) is 1. The van der Waals surface area contributed by atoms with E-state index in [0.717, 1.165) is 24.8 Å². The Balaban J connectivity index is 1.78. The van der Waals surface area contributed by atoms with Gasteiger partial charge in [-0.1, -0.05) is 29.8 Å². The Kier molecular flexibility index (Phi) is 5.89. The summed E-state index contributed by atoms with van der Waals surface area (Å²) in [6, 6.07) is 9.51. The number of aliphatic hydroxyl groups excluding tert-OH is 1. The van der Waals surface area contributed by atoms with Crippen molar-refractivity contribution in [3.63, 3.8) is 0 Å². The van der Waals surface area contributed by atoms with E-state index in [1.165, 1.54) is 5.56 Å². The fraction of sp³-hybridized carbons (Fsp3) is 0.429. The van der Waals surface area contributed by atoms with Crippen molar-refractivity contribution < 1.29 is 14.6 Å². The fourth-order valence-electron chi connectivity index (χ4n) is 3.59. The number of aryl methyl sites for hydroxylation is 1. The summed E-state index contributed by atoms with van der Waals surface area (Å²) < 4.78 is 5.36. The summed E-state index contributed by atoms with van der Waals surface area (Å²) in [5, 5.41) is 11.0. The normalized spacial score (nSPS) is 18.4. The number of aliphatic hydroxyl groups is 1. The predicted octanol–water partition coefficient (Wildman–Crippen LogP) is 3.06. The third-order valence-corrected chi connectivity index (χ3v) is 5.06. The number of carbonyl (C=O) groups excluding carboxylic acids is 1. The largest absolute Gasteiger partial charge is 0.496 e. The number of nitrogens with zero attached hydrogens (tertiary/aromatic N) is 2. The summed E-state index contributed by atoms with van der Waals surface area (Å²) in [6.07, 6.45) is 5.55. The van der Waals surface area contributed by atoms with E-state index in [2.05, 4.69) is 4.98 Å². The highest BCUT2D eigenvalue weighted by molar-refractivity contribution is 5.79. The van der Waals surface area contributed by atoms with Gasteiger partial charge in [0.2, 0.25) is 5.91 Å². The van der Waals surface area contributed by atoms with E-state index in [-0.39, 0.29) is 11.9 Å². The van der Waals surface area contributed by atoms with Crippen molar-refractivity contribution in [3.8, 4) is 5.75 Å². The van der Waals surface area contributed by atoms with Crippen molar-refractivity contribution >= 4 is 5.91 Å². The van der Waals surface area contributed by atoms with Crippen molar-refractivity contribution in [2.45, 2.75) is 44.8 Å². The number of carbonyl (C=O) groups is 1. The van der Waals surface area contributed by atoms with Gasteiger partial charge >= 0.3 is 0 Å². The molecule has 26 heavy (non-hydrogen) atoms. The van der Waals surface area contributed by atoms with Crippen LogP contribution in [0.3, 0.4) is 0 Å². The van der Waals surface area contributed by atoms with E-state index < -0.39 is 6.10 Å². The van der Waals surface area contributed by atoms with Gasteiger partial charge in [0, 0.05) is 24.5 Å². The molecule has 3 rings (SSSR count). The zero-order valence-corrected chi connectivity index (χ0v) is 15.4. The van der Waals surface area contributed by atoms with Crippen LogP contribution in [0.4, 0.5) is 0 Å². The van der Waals surface area contributed by atoms with Gasteiger partial charge in [0.1, 0.15) is 11.9 Å². The number of amides is 1. The van der Waals surface area contributed by atoms with Crippen LogP contribution in [0.5, 0.6) is 5.75 Å². The standard InChI is InChI=1S/C21H26N2O3/c1-15-6-8-16(9-7-15)13-20(24)23-12-4-3-5-18(23)21(25)17-14-22-11-10-19(17)26-2/h6-11,14,18,21,25H,3-5,12-13H2,1-2H3. The number of piperidine rings is 1. The molecule has 2 atom stereocenters. The predicted molar refractivity (Wildman–Crippen MR) is 100.0 cm³/mol. The topological polar surface area (TPSA) is 62.7 Å². The average molecular weight is 354 g/mol. The minimum absolute atomic E-state index is 0.0560. The van der Waals surface area contributed by atoms with Gasteiger partial charge in [-0.3, -0.25) is 9.78 Å². The van der Waals surface area contributed by atoms with Crippen molar-refractivity contribution in [2.24, 2.45) is 0 Å². The summed E-state index contributed by atoms with van der Waals surface area (Å²) in [5.74, 6) is 0.657. The van der Waals surface area contributed by atoms with Gasteiger partial charge in [-0.2, -0.15) is 0 Å². The van der Waals surface area contributed by atoms with Crippen molar-refractivity contribution in [2.75, 3.05) is 13.7 Å². The third-order valence-electron chi connectivity index (χ3n) is 5.06. The molecule has 2 heterocycles. The lowest BCUT2D eigenvalue weighted by Crippen LogP contribution is -2.47. The van der Waals surface area contributed by atoms with Gasteiger partial charge < -0.3 is 14.7 Å². The molecule has 1 aromatic heterocycles. The second-order valence-corrected chi connectivity index (χ2v) is 6.88. The van der Waals surface area contributed by atoms with E-state index >= 15 is 0 Å². The van der Waals surface area contributed by atoms with Gasteiger partial charge in [-0.25, -0.2) is 0 Å². The van der Waals surface area contributed by atoms with Crippen LogP contribution in [-0.4, -0.2) is 40.6 Å². The molecule has 5 heteroatoms. The lowest BCUT2D eigenvalue weighted by atomic mass is 9.92. The molecule has 1 amide bonds. The van der Waals surface area contributed by atoms with Crippen LogP contribution in [0.15, 0.2) is 42.7 Å². The maximum atomic E-state index is 12.9. The van der Waals surface area contributed by atoms with Gasteiger partial charge in [0.05, 0.1) is 19.6 Å². The molecule has 2 unspecified atom stereocenters. The first-order chi connectivity index (χ1) is 12.6. The van der Waals surface area contributed by atoms with E-state index in [1.54, 1.807) is 25.6 Å². The average Bonchev–Trinajstić information content (AvgIpc) is 2.69. The van der Waals surface area contributed by atoms with E-state index in [1.807, 2.05) is 36.1 Å². The molecule has 138 valence electrons. The molecular weight excluding hydrogens is 328 g/mol. The highest BCUT2D eigenvalue weighted by atomic mass is 16.5. The number of rotatable bonds is 5. The highest BCUT2D eigenvalue weighted by Crippen LogP contribution is 2.33. The van der Waals surface area contributed by atoms with Crippen LogP contribution < -0.4 is 4.74 Å². The van der Waals surface area contributed by atoms with Gasteiger partial charge in [-0.15, -0.1) is 0 Å². The number of benzene rings is 1. The minimum atomic E-state index is -0.805. The van der Waals surface area contributed by atoms with Crippen LogP contribution in [0, 0.1) is 6.92 Å². The quantitative estimate of drug-likeness (QED) is 0.896. The minimum Gasteiger partial charge on any atom is -0.496 e. The second-order valence-electron chi connectivity index (χ2n) is 6.88. The molecule has 0 bridgehead atoms. The van der Waals surface area contributed by atoms with E-state index in [0.29, 0.717) is 24.3 Å². The van der Waals surface area contributed by atoms with Crippen LogP contribution >= 0.6 is 0 Å². The van der Waals surface area contributed by atoms with Crippen LogP contribution in [0.1, 0.15) is 42.1 Å². The molecule has 0 spiro atoms. The zero-order valence-electron chi connectivity index (χ0n) is 15.4. The third kappa shape index (κ3) is 4.05. The fourth-order valence-corrected chi connectivity index (χ4v) is 3.59. The highest BCUT2D eigenvalue weighted by Gasteiger charge is 2.34. The van der Waals surface area contributed by atoms with Crippen molar-refractivity contribution in [1.82, 2.24) is 9.88 Å². The van der Waals surface area contributed by atoms with E-state index in [9.17, 15) is 9.90 Å². The lowest BCUT2D eigenvalue weighted by Gasteiger charge is -2.39. The second kappa shape index (κ2) is 8.32. The van der Waals surface area contributed by atoms with Gasteiger partial charge in [0.25, 0.3) is 0 Å². The number of pyridine rings is 1. The summed E-state index contributed by atoms with van der Waals surface area (Å²) >= 11 is 0. The molecule has 1 aliphatic heterocycles. The Bertz CT molecular complexity index is 745. The van der Waals surface area contributed by atoms with Crippen molar-refractivity contribution in [1.29, 1.82) is 0 Å². The smallest absolute Gasteiger partial charge is 0.227 e. The number of ether oxygens (including phenoxy) is 1.